The lowest BCUT2D eigenvalue weighted by atomic mass is 10.1. The van der Waals surface area contributed by atoms with E-state index >= 15 is 0 Å². The molecule has 0 aliphatic carbocycles. The van der Waals surface area contributed by atoms with Gasteiger partial charge in [0.25, 0.3) is 0 Å². The monoisotopic (exact) mass is 250 g/mol. The molecular formula is C15H22O3. The first-order valence-electron chi connectivity index (χ1n) is 6.50. The Morgan fingerprint density at radius 3 is 2.44 bits per heavy atom. The third-order valence-corrected chi connectivity index (χ3v) is 2.88. The number of hydrogen-bond acceptors (Lipinski definition) is 3. The van der Waals surface area contributed by atoms with Crippen LogP contribution in [0.5, 0.6) is 5.75 Å². The predicted octanol–water partition coefficient (Wildman–Crippen LogP) is 3.88. The van der Waals surface area contributed by atoms with E-state index in [9.17, 15) is 4.79 Å². The molecule has 1 aromatic carbocycles. The van der Waals surface area contributed by atoms with Crippen molar-refractivity contribution in [1.82, 2.24) is 0 Å². The summed E-state index contributed by atoms with van der Waals surface area (Å²) in [4.78, 5) is 11.6. The van der Waals surface area contributed by atoms with Crippen molar-refractivity contribution in [2.24, 2.45) is 0 Å². The van der Waals surface area contributed by atoms with Crippen LogP contribution in [0.15, 0.2) is 24.3 Å². The molecule has 1 aromatic rings. The van der Waals surface area contributed by atoms with Crippen molar-refractivity contribution < 1.29 is 14.3 Å². The lowest BCUT2D eigenvalue weighted by molar-refractivity contribution is -0.148. The standard InChI is InChI=1S/C15H22O3/c1-4-5-6-7-15(16)18-12(2)13-8-10-14(17-3)11-9-13/h8-12H,4-7H2,1-3H3/t12-/m0/s1. The smallest absolute Gasteiger partial charge is 0.306 e. The van der Waals surface area contributed by atoms with E-state index in [-0.39, 0.29) is 12.1 Å². The highest BCUT2D eigenvalue weighted by molar-refractivity contribution is 5.69. The molecule has 100 valence electrons. The molecule has 0 aliphatic rings. The summed E-state index contributed by atoms with van der Waals surface area (Å²) >= 11 is 0. The van der Waals surface area contributed by atoms with Crippen molar-refractivity contribution in [3.63, 3.8) is 0 Å². The minimum Gasteiger partial charge on any atom is -0.497 e. The fraction of sp³-hybridized carbons (Fsp3) is 0.533. The Morgan fingerprint density at radius 1 is 1.22 bits per heavy atom. The zero-order valence-corrected chi connectivity index (χ0v) is 11.4. The molecule has 1 rings (SSSR count). The number of ether oxygens (including phenoxy) is 2. The molecule has 0 saturated carbocycles. The summed E-state index contributed by atoms with van der Waals surface area (Å²) in [5, 5.41) is 0. The van der Waals surface area contributed by atoms with Crippen LogP contribution in [-0.2, 0) is 9.53 Å². The molecule has 0 fully saturated rings. The molecule has 0 heterocycles. The number of carbonyl (C=O) groups excluding carboxylic acids is 1. The Kier molecular flexibility index (Phi) is 6.26. The first kappa shape index (κ1) is 14.6. The van der Waals surface area contributed by atoms with Gasteiger partial charge < -0.3 is 9.47 Å². The topological polar surface area (TPSA) is 35.5 Å². The van der Waals surface area contributed by atoms with Crippen LogP contribution in [0, 0.1) is 0 Å². The first-order chi connectivity index (χ1) is 8.67. The Hall–Kier alpha value is -1.51. The molecule has 0 amide bonds. The van der Waals surface area contributed by atoms with Gasteiger partial charge in [0.1, 0.15) is 11.9 Å². The Morgan fingerprint density at radius 2 is 1.89 bits per heavy atom. The molecule has 0 N–H and O–H groups in total. The number of carbonyl (C=O) groups is 1. The number of rotatable bonds is 7. The van der Waals surface area contributed by atoms with Crippen LogP contribution in [0.3, 0.4) is 0 Å². The van der Waals surface area contributed by atoms with Gasteiger partial charge in [0.2, 0.25) is 0 Å². The quantitative estimate of drug-likeness (QED) is 0.544. The highest BCUT2D eigenvalue weighted by Gasteiger charge is 2.11. The number of hydrogen-bond donors (Lipinski definition) is 0. The molecule has 0 unspecified atom stereocenters. The predicted molar refractivity (Wildman–Crippen MR) is 71.6 cm³/mol. The Bertz CT molecular complexity index is 357. The SMILES string of the molecule is CCCCCC(=O)O[C@@H](C)c1ccc(OC)cc1. The summed E-state index contributed by atoms with van der Waals surface area (Å²) in [6.45, 7) is 4.00. The Labute approximate surface area is 109 Å². The van der Waals surface area contributed by atoms with Crippen LogP contribution in [0.1, 0.15) is 51.2 Å². The molecular weight excluding hydrogens is 228 g/mol. The largest absolute Gasteiger partial charge is 0.497 e. The third kappa shape index (κ3) is 4.78. The highest BCUT2D eigenvalue weighted by Crippen LogP contribution is 2.20. The number of methoxy groups -OCH3 is 1. The van der Waals surface area contributed by atoms with E-state index in [1.807, 2.05) is 31.2 Å². The third-order valence-electron chi connectivity index (χ3n) is 2.88. The molecule has 0 spiro atoms. The van der Waals surface area contributed by atoms with Crippen LogP contribution in [0.25, 0.3) is 0 Å². The lowest BCUT2D eigenvalue weighted by Crippen LogP contribution is -2.08. The minimum atomic E-state index is -0.204. The molecule has 18 heavy (non-hydrogen) atoms. The van der Waals surface area contributed by atoms with Gasteiger partial charge in [-0.25, -0.2) is 0 Å². The number of esters is 1. The average molecular weight is 250 g/mol. The van der Waals surface area contributed by atoms with E-state index in [0.717, 1.165) is 30.6 Å². The van der Waals surface area contributed by atoms with Crippen molar-refractivity contribution in [1.29, 1.82) is 0 Å². The van der Waals surface area contributed by atoms with E-state index in [1.54, 1.807) is 7.11 Å². The molecule has 0 aliphatic heterocycles. The molecule has 3 nitrogen and oxygen atoms in total. The van der Waals surface area contributed by atoms with E-state index in [1.165, 1.54) is 0 Å². The van der Waals surface area contributed by atoms with Crippen LogP contribution < -0.4 is 4.74 Å². The van der Waals surface area contributed by atoms with Gasteiger partial charge >= 0.3 is 5.97 Å². The molecule has 1 atom stereocenters. The van der Waals surface area contributed by atoms with Gasteiger partial charge in [-0.05, 0) is 31.0 Å². The summed E-state index contributed by atoms with van der Waals surface area (Å²) < 4.78 is 10.5. The van der Waals surface area contributed by atoms with Gasteiger partial charge in [-0.15, -0.1) is 0 Å². The number of unbranched alkanes of at least 4 members (excludes halogenated alkanes) is 2. The van der Waals surface area contributed by atoms with Gasteiger partial charge in [-0.2, -0.15) is 0 Å². The molecule has 0 bridgehead atoms. The fourth-order valence-electron chi connectivity index (χ4n) is 1.72. The van der Waals surface area contributed by atoms with Gasteiger partial charge in [-0.1, -0.05) is 31.9 Å². The second-order valence-electron chi connectivity index (χ2n) is 4.36. The second kappa shape index (κ2) is 7.75. The minimum absolute atomic E-state index is 0.119. The van der Waals surface area contributed by atoms with Crippen molar-refractivity contribution in [2.75, 3.05) is 7.11 Å². The van der Waals surface area contributed by atoms with Gasteiger partial charge in [0, 0.05) is 6.42 Å². The van der Waals surface area contributed by atoms with Crippen molar-refractivity contribution in [3.05, 3.63) is 29.8 Å². The highest BCUT2D eigenvalue weighted by atomic mass is 16.5. The van der Waals surface area contributed by atoms with E-state index in [0.29, 0.717) is 6.42 Å². The number of benzene rings is 1. The lowest BCUT2D eigenvalue weighted by Gasteiger charge is -2.14. The maximum Gasteiger partial charge on any atom is 0.306 e. The summed E-state index contributed by atoms with van der Waals surface area (Å²) in [5.41, 5.74) is 0.986. The van der Waals surface area contributed by atoms with Gasteiger partial charge in [0.15, 0.2) is 0 Å². The van der Waals surface area contributed by atoms with Crippen molar-refractivity contribution in [3.8, 4) is 5.75 Å². The van der Waals surface area contributed by atoms with E-state index < -0.39 is 0 Å². The van der Waals surface area contributed by atoms with Crippen LogP contribution in [0.2, 0.25) is 0 Å². The normalized spacial score (nSPS) is 11.9. The maximum atomic E-state index is 11.6. The second-order valence-corrected chi connectivity index (χ2v) is 4.36. The van der Waals surface area contributed by atoms with Gasteiger partial charge in [-0.3, -0.25) is 4.79 Å². The van der Waals surface area contributed by atoms with E-state index in [4.69, 9.17) is 9.47 Å². The zero-order chi connectivity index (χ0) is 13.4. The molecule has 3 heteroatoms. The first-order valence-corrected chi connectivity index (χ1v) is 6.50. The zero-order valence-electron chi connectivity index (χ0n) is 11.4. The summed E-state index contributed by atoms with van der Waals surface area (Å²) in [6, 6.07) is 7.58. The van der Waals surface area contributed by atoms with Crippen molar-refractivity contribution in [2.45, 2.75) is 45.6 Å². The van der Waals surface area contributed by atoms with Crippen LogP contribution in [0.4, 0.5) is 0 Å². The molecule has 0 radical (unpaired) electrons. The summed E-state index contributed by atoms with van der Waals surface area (Å²) in [7, 11) is 1.63. The van der Waals surface area contributed by atoms with Crippen molar-refractivity contribution >= 4 is 5.97 Å². The molecule has 0 aromatic heterocycles. The fourth-order valence-corrected chi connectivity index (χ4v) is 1.72. The maximum absolute atomic E-state index is 11.6. The summed E-state index contributed by atoms with van der Waals surface area (Å²) in [5.74, 6) is 0.687. The van der Waals surface area contributed by atoms with E-state index in [2.05, 4.69) is 6.92 Å². The van der Waals surface area contributed by atoms with Crippen LogP contribution in [-0.4, -0.2) is 13.1 Å². The Balaban J connectivity index is 2.43. The van der Waals surface area contributed by atoms with Crippen LogP contribution >= 0.6 is 0 Å². The average Bonchev–Trinajstić information content (AvgIpc) is 2.39. The summed E-state index contributed by atoms with van der Waals surface area (Å²) in [6.07, 6.45) is 3.40. The van der Waals surface area contributed by atoms with Gasteiger partial charge in [0.05, 0.1) is 7.11 Å². The molecule has 0 saturated heterocycles.